The van der Waals surface area contributed by atoms with E-state index < -0.39 is 0 Å². The van der Waals surface area contributed by atoms with Gasteiger partial charge in [0.05, 0.1) is 11.7 Å². The zero-order chi connectivity index (χ0) is 18.8. The van der Waals surface area contributed by atoms with Crippen LogP contribution in [-0.2, 0) is 11.3 Å². The molecular formula is C19H20FN3O2S. The van der Waals surface area contributed by atoms with E-state index in [4.69, 9.17) is 0 Å². The number of hydrogen-bond acceptors (Lipinski definition) is 4. The van der Waals surface area contributed by atoms with Crippen LogP contribution in [0.4, 0.5) is 4.39 Å². The number of benzene rings is 1. The van der Waals surface area contributed by atoms with Gasteiger partial charge in [-0.2, -0.15) is 0 Å². The molecule has 0 spiro atoms. The third-order valence-electron chi connectivity index (χ3n) is 4.01. The lowest BCUT2D eigenvalue weighted by molar-refractivity contribution is -0.121. The van der Waals surface area contributed by atoms with E-state index in [9.17, 15) is 14.0 Å². The average Bonchev–Trinajstić information content (AvgIpc) is 2.93. The minimum absolute atomic E-state index is 0.0771. The van der Waals surface area contributed by atoms with Crippen molar-refractivity contribution in [3.8, 4) is 11.1 Å². The number of hydrogen-bond donors (Lipinski definition) is 1. The zero-order valence-corrected chi connectivity index (χ0v) is 15.7. The fraction of sp³-hybridized carbons (Fsp3) is 0.316. The molecule has 0 bridgehead atoms. The van der Waals surface area contributed by atoms with Gasteiger partial charge in [-0.3, -0.25) is 14.2 Å². The Labute approximate surface area is 154 Å². The lowest BCUT2D eigenvalue weighted by Crippen LogP contribution is -2.34. The molecule has 0 aliphatic heterocycles. The van der Waals surface area contributed by atoms with Crippen LogP contribution in [0, 0.1) is 18.7 Å². The zero-order valence-electron chi connectivity index (χ0n) is 14.9. The van der Waals surface area contributed by atoms with Gasteiger partial charge in [0.15, 0.2) is 0 Å². The number of amides is 1. The molecule has 1 N–H and O–H groups in total. The van der Waals surface area contributed by atoms with Crippen molar-refractivity contribution in [1.29, 1.82) is 0 Å². The van der Waals surface area contributed by atoms with E-state index in [1.807, 2.05) is 20.8 Å². The first-order valence-corrected chi connectivity index (χ1v) is 9.19. The summed E-state index contributed by atoms with van der Waals surface area (Å²) in [5.74, 6) is -0.221. The highest BCUT2D eigenvalue weighted by molar-refractivity contribution is 7.19. The van der Waals surface area contributed by atoms with Crippen LogP contribution in [0.1, 0.15) is 18.7 Å². The van der Waals surface area contributed by atoms with E-state index in [2.05, 4.69) is 10.3 Å². The Hall–Kier alpha value is -2.54. The van der Waals surface area contributed by atoms with E-state index in [0.29, 0.717) is 22.7 Å². The summed E-state index contributed by atoms with van der Waals surface area (Å²) < 4.78 is 14.6. The Morgan fingerprint density at radius 1 is 1.31 bits per heavy atom. The maximum absolute atomic E-state index is 13.2. The molecule has 1 amide bonds. The van der Waals surface area contributed by atoms with Gasteiger partial charge in [0.1, 0.15) is 17.2 Å². The SMILES string of the molecule is Cc1sc2ncn(CC(=O)NCC(C)C)c(=O)c2c1-c1ccc(F)cc1. The van der Waals surface area contributed by atoms with Gasteiger partial charge in [-0.15, -0.1) is 11.3 Å². The van der Waals surface area contributed by atoms with Gasteiger partial charge in [0, 0.05) is 17.0 Å². The minimum Gasteiger partial charge on any atom is -0.354 e. The second kappa shape index (κ2) is 7.37. The summed E-state index contributed by atoms with van der Waals surface area (Å²) in [6.45, 7) is 6.39. The molecule has 136 valence electrons. The number of halogens is 1. The summed E-state index contributed by atoms with van der Waals surface area (Å²) in [5, 5.41) is 3.27. The van der Waals surface area contributed by atoms with Gasteiger partial charge >= 0.3 is 0 Å². The van der Waals surface area contributed by atoms with Crippen molar-refractivity contribution in [3.63, 3.8) is 0 Å². The average molecular weight is 373 g/mol. The second-order valence-electron chi connectivity index (χ2n) is 6.60. The molecule has 0 aliphatic carbocycles. The molecule has 0 saturated carbocycles. The summed E-state index contributed by atoms with van der Waals surface area (Å²) in [6, 6.07) is 6.03. The molecule has 2 aromatic heterocycles. The van der Waals surface area contributed by atoms with Crippen molar-refractivity contribution < 1.29 is 9.18 Å². The molecule has 0 unspecified atom stereocenters. The van der Waals surface area contributed by atoms with Crippen molar-refractivity contribution in [2.75, 3.05) is 6.54 Å². The Morgan fingerprint density at radius 3 is 2.65 bits per heavy atom. The number of nitrogens with zero attached hydrogens (tertiary/aromatic N) is 2. The van der Waals surface area contributed by atoms with Gasteiger partial charge in [-0.1, -0.05) is 26.0 Å². The summed E-state index contributed by atoms with van der Waals surface area (Å²) in [6.07, 6.45) is 1.41. The molecule has 0 fully saturated rings. The number of nitrogens with one attached hydrogen (secondary N) is 1. The third kappa shape index (κ3) is 3.67. The quantitative estimate of drug-likeness (QED) is 0.746. The van der Waals surface area contributed by atoms with Gasteiger partial charge in [-0.05, 0) is 30.5 Å². The summed E-state index contributed by atoms with van der Waals surface area (Å²) in [4.78, 5) is 30.9. The first-order chi connectivity index (χ1) is 12.4. The Morgan fingerprint density at radius 2 is 2.00 bits per heavy atom. The smallest absolute Gasteiger partial charge is 0.263 e. The molecule has 3 aromatic rings. The van der Waals surface area contributed by atoms with E-state index in [-0.39, 0.29) is 23.8 Å². The van der Waals surface area contributed by atoms with Gasteiger partial charge < -0.3 is 5.32 Å². The molecule has 0 radical (unpaired) electrons. The van der Waals surface area contributed by atoms with Gasteiger partial charge in [0.25, 0.3) is 5.56 Å². The maximum atomic E-state index is 13.2. The molecule has 2 heterocycles. The second-order valence-corrected chi connectivity index (χ2v) is 7.80. The number of thiophene rings is 1. The van der Waals surface area contributed by atoms with Gasteiger partial charge in [0.2, 0.25) is 5.91 Å². The lowest BCUT2D eigenvalue weighted by Gasteiger charge is -2.09. The predicted octanol–water partition coefficient (Wildman–Crippen LogP) is 3.34. The van der Waals surface area contributed by atoms with E-state index in [0.717, 1.165) is 16.0 Å². The van der Waals surface area contributed by atoms with E-state index >= 15 is 0 Å². The third-order valence-corrected chi connectivity index (χ3v) is 5.02. The van der Waals surface area contributed by atoms with Crippen molar-refractivity contribution in [2.24, 2.45) is 5.92 Å². The molecule has 5 nitrogen and oxygen atoms in total. The molecule has 0 saturated heterocycles. The van der Waals surface area contributed by atoms with Crippen LogP contribution in [-0.4, -0.2) is 22.0 Å². The van der Waals surface area contributed by atoms with Crippen LogP contribution in [0.5, 0.6) is 0 Å². The minimum atomic E-state index is -0.330. The summed E-state index contributed by atoms with van der Waals surface area (Å²) in [5.41, 5.74) is 1.24. The number of aryl methyl sites for hydroxylation is 1. The van der Waals surface area contributed by atoms with E-state index in [1.165, 1.54) is 34.4 Å². The fourth-order valence-corrected chi connectivity index (χ4v) is 3.75. The fourth-order valence-electron chi connectivity index (χ4n) is 2.74. The van der Waals surface area contributed by atoms with Crippen LogP contribution in [0.3, 0.4) is 0 Å². The molecule has 1 aromatic carbocycles. The topological polar surface area (TPSA) is 64.0 Å². The number of carbonyl (C=O) groups excluding carboxylic acids is 1. The highest BCUT2D eigenvalue weighted by Gasteiger charge is 2.17. The number of aromatic nitrogens is 2. The standard InChI is InChI=1S/C19H20FN3O2S/c1-11(2)8-21-15(24)9-23-10-22-18-17(19(23)25)16(12(3)26-18)13-4-6-14(20)7-5-13/h4-7,10-11H,8-9H2,1-3H3,(H,21,24). The monoisotopic (exact) mass is 373 g/mol. The van der Waals surface area contributed by atoms with Crippen molar-refractivity contribution in [2.45, 2.75) is 27.3 Å². The molecular weight excluding hydrogens is 353 g/mol. The highest BCUT2D eigenvalue weighted by Crippen LogP contribution is 2.35. The Bertz CT molecular complexity index is 1010. The Kier molecular flexibility index (Phi) is 5.18. The molecule has 26 heavy (non-hydrogen) atoms. The molecule has 0 aliphatic rings. The maximum Gasteiger partial charge on any atom is 0.263 e. The first kappa shape index (κ1) is 18.3. The first-order valence-electron chi connectivity index (χ1n) is 8.38. The molecule has 0 atom stereocenters. The van der Waals surface area contributed by atoms with Crippen molar-refractivity contribution in [1.82, 2.24) is 14.9 Å². The molecule has 7 heteroatoms. The summed E-state index contributed by atoms with van der Waals surface area (Å²) in [7, 11) is 0. The molecule has 3 rings (SSSR count). The number of rotatable bonds is 5. The van der Waals surface area contributed by atoms with Crippen LogP contribution in [0.2, 0.25) is 0 Å². The summed E-state index contributed by atoms with van der Waals surface area (Å²) >= 11 is 1.41. The van der Waals surface area contributed by atoms with Crippen LogP contribution >= 0.6 is 11.3 Å². The van der Waals surface area contributed by atoms with Crippen molar-refractivity contribution in [3.05, 3.63) is 51.6 Å². The largest absolute Gasteiger partial charge is 0.354 e. The Balaban J connectivity index is 2.03. The van der Waals surface area contributed by atoms with E-state index in [1.54, 1.807) is 12.1 Å². The van der Waals surface area contributed by atoms with Crippen molar-refractivity contribution >= 4 is 27.5 Å². The normalized spacial score (nSPS) is 11.3. The van der Waals surface area contributed by atoms with Crippen LogP contribution < -0.4 is 10.9 Å². The highest BCUT2D eigenvalue weighted by atomic mass is 32.1. The number of carbonyl (C=O) groups is 1. The predicted molar refractivity (Wildman–Crippen MR) is 102 cm³/mol. The number of fused-ring (bicyclic) bond motifs is 1. The van der Waals surface area contributed by atoms with Crippen LogP contribution in [0.25, 0.3) is 21.3 Å². The van der Waals surface area contributed by atoms with Crippen LogP contribution in [0.15, 0.2) is 35.4 Å². The lowest BCUT2D eigenvalue weighted by atomic mass is 10.0. The van der Waals surface area contributed by atoms with Gasteiger partial charge in [-0.25, -0.2) is 9.37 Å².